The van der Waals surface area contributed by atoms with Gasteiger partial charge in [-0.1, -0.05) is 29.8 Å². The first kappa shape index (κ1) is 11.3. The normalized spacial score (nSPS) is 14.8. The molecular formula is C15H19N3. The Labute approximate surface area is 108 Å². The van der Waals surface area contributed by atoms with Gasteiger partial charge in [0.05, 0.1) is 5.69 Å². The fraction of sp³-hybridized carbons (Fsp3) is 0.400. The molecular weight excluding hydrogens is 222 g/mol. The molecule has 0 unspecified atom stereocenters. The topological polar surface area (TPSA) is 29.9 Å². The van der Waals surface area contributed by atoms with E-state index in [9.17, 15) is 0 Å². The largest absolute Gasteiger partial charge is 0.352 e. The number of benzene rings is 1. The summed E-state index contributed by atoms with van der Waals surface area (Å²) >= 11 is 0. The number of hydrogen-bond acceptors (Lipinski definition) is 2. The van der Waals surface area contributed by atoms with E-state index in [2.05, 4.69) is 59.2 Å². The molecule has 3 rings (SSSR count). The molecule has 0 atom stereocenters. The van der Waals surface area contributed by atoms with E-state index in [0.717, 1.165) is 18.2 Å². The monoisotopic (exact) mass is 241 g/mol. The van der Waals surface area contributed by atoms with Crippen LogP contribution in [0.2, 0.25) is 0 Å². The van der Waals surface area contributed by atoms with E-state index in [0.29, 0.717) is 6.04 Å². The summed E-state index contributed by atoms with van der Waals surface area (Å²) in [4.78, 5) is 4.56. The minimum absolute atomic E-state index is 0.673. The third-order valence-electron chi connectivity index (χ3n) is 3.36. The van der Waals surface area contributed by atoms with E-state index in [4.69, 9.17) is 0 Å². The molecule has 1 fully saturated rings. The summed E-state index contributed by atoms with van der Waals surface area (Å²) < 4.78 is 2.28. The molecule has 3 nitrogen and oxygen atoms in total. The zero-order valence-electron chi connectivity index (χ0n) is 11.0. The number of nitrogens with one attached hydrogen (secondary N) is 1. The SMILES string of the molecule is Cc1ccc(CNc2nc(C)cn2C2CC2)cc1. The van der Waals surface area contributed by atoms with Gasteiger partial charge in [0.2, 0.25) is 5.95 Å². The number of anilines is 1. The predicted molar refractivity (Wildman–Crippen MR) is 73.7 cm³/mol. The maximum atomic E-state index is 4.56. The van der Waals surface area contributed by atoms with Gasteiger partial charge < -0.3 is 9.88 Å². The molecule has 0 amide bonds. The molecule has 18 heavy (non-hydrogen) atoms. The highest BCUT2D eigenvalue weighted by Crippen LogP contribution is 2.37. The molecule has 1 aromatic carbocycles. The van der Waals surface area contributed by atoms with Crippen molar-refractivity contribution < 1.29 is 0 Å². The minimum Gasteiger partial charge on any atom is -0.352 e. The Morgan fingerprint density at radius 3 is 2.61 bits per heavy atom. The molecule has 3 heteroatoms. The first-order valence-electron chi connectivity index (χ1n) is 6.57. The van der Waals surface area contributed by atoms with Crippen LogP contribution in [0.25, 0.3) is 0 Å². The fourth-order valence-electron chi connectivity index (χ4n) is 2.16. The van der Waals surface area contributed by atoms with Gasteiger partial charge in [0.25, 0.3) is 0 Å². The molecule has 0 radical (unpaired) electrons. The molecule has 1 heterocycles. The molecule has 1 N–H and O–H groups in total. The Balaban J connectivity index is 1.71. The van der Waals surface area contributed by atoms with E-state index < -0.39 is 0 Å². The Bertz CT molecular complexity index is 535. The first-order chi connectivity index (χ1) is 8.72. The highest BCUT2D eigenvalue weighted by molar-refractivity contribution is 5.33. The van der Waals surface area contributed by atoms with Gasteiger partial charge in [0.1, 0.15) is 0 Å². The Morgan fingerprint density at radius 2 is 1.94 bits per heavy atom. The summed E-state index contributed by atoms with van der Waals surface area (Å²) in [7, 11) is 0. The molecule has 2 aromatic rings. The van der Waals surface area contributed by atoms with Gasteiger partial charge in [-0.2, -0.15) is 0 Å². The standard InChI is InChI=1S/C15H19N3/c1-11-3-5-13(6-4-11)9-16-15-17-12(2)10-18(15)14-7-8-14/h3-6,10,14H,7-9H2,1-2H3,(H,16,17). The number of aryl methyl sites for hydroxylation is 2. The van der Waals surface area contributed by atoms with Crippen molar-refractivity contribution in [3.63, 3.8) is 0 Å². The molecule has 1 saturated carbocycles. The van der Waals surface area contributed by atoms with Crippen LogP contribution in [0.4, 0.5) is 5.95 Å². The predicted octanol–water partition coefficient (Wildman–Crippen LogP) is 3.45. The summed E-state index contributed by atoms with van der Waals surface area (Å²) in [5.74, 6) is 1.01. The molecule has 94 valence electrons. The molecule has 0 aliphatic heterocycles. The van der Waals surface area contributed by atoms with Crippen molar-refractivity contribution in [3.05, 3.63) is 47.3 Å². The third-order valence-corrected chi connectivity index (χ3v) is 3.36. The summed E-state index contributed by atoms with van der Waals surface area (Å²) in [6, 6.07) is 9.30. The number of rotatable bonds is 4. The molecule has 0 spiro atoms. The smallest absolute Gasteiger partial charge is 0.203 e. The van der Waals surface area contributed by atoms with Crippen molar-refractivity contribution in [1.82, 2.24) is 9.55 Å². The van der Waals surface area contributed by atoms with Crippen molar-refractivity contribution in [3.8, 4) is 0 Å². The third kappa shape index (κ3) is 2.40. The quantitative estimate of drug-likeness (QED) is 0.888. The van der Waals surface area contributed by atoms with Gasteiger partial charge in [0, 0.05) is 18.8 Å². The van der Waals surface area contributed by atoms with Crippen molar-refractivity contribution in [2.75, 3.05) is 5.32 Å². The van der Waals surface area contributed by atoms with Crippen LogP contribution in [0.3, 0.4) is 0 Å². The first-order valence-corrected chi connectivity index (χ1v) is 6.57. The van der Waals surface area contributed by atoms with Crippen molar-refractivity contribution in [2.24, 2.45) is 0 Å². The number of aromatic nitrogens is 2. The molecule has 1 aliphatic carbocycles. The fourth-order valence-corrected chi connectivity index (χ4v) is 2.16. The summed E-state index contributed by atoms with van der Waals surface area (Å²) in [5.41, 5.74) is 3.69. The Morgan fingerprint density at radius 1 is 1.22 bits per heavy atom. The lowest BCUT2D eigenvalue weighted by Crippen LogP contribution is -2.06. The van der Waals surface area contributed by atoms with E-state index >= 15 is 0 Å². The molecule has 0 bridgehead atoms. The number of nitrogens with zero attached hydrogens (tertiary/aromatic N) is 2. The van der Waals surface area contributed by atoms with Crippen LogP contribution in [-0.2, 0) is 6.54 Å². The molecule has 0 saturated heterocycles. The van der Waals surface area contributed by atoms with Gasteiger partial charge in [-0.3, -0.25) is 0 Å². The maximum absolute atomic E-state index is 4.56. The second-order valence-electron chi connectivity index (χ2n) is 5.18. The van der Waals surface area contributed by atoms with E-state index in [1.807, 2.05) is 0 Å². The van der Waals surface area contributed by atoms with Gasteiger partial charge in [-0.05, 0) is 32.3 Å². The van der Waals surface area contributed by atoms with Gasteiger partial charge in [-0.25, -0.2) is 4.98 Å². The average Bonchev–Trinajstić information content (AvgIpc) is 3.13. The maximum Gasteiger partial charge on any atom is 0.203 e. The zero-order valence-corrected chi connectivity index (χ0v) is 11.0. The summed E-state index contributed by atoms with van der Waals surface area (Å²) in [6.07, 6.45) is 4.72. The lowest BCUT2D eigenvalue weighted by Gasteiger charge is -2.08. The lowest BCUT2D eigenvalue weighted by molar-refractivity contribution is 0.742. The van der Waals surface area contributed by atoms with Gasteiger partial charge >= 0.3 is 0 Å². The minimum atomic E-state index is 0.673. The van der Waals surface area contributed by atoms with Crippen LogP contribution < -0.4 is 5.32 Å². The van der Waals surface area contributed by atoms with Crippen molar-refractivity contribution in [2.45, 2.75) is 39.3 Å². The van der Waals surface area contributed by atoms with Crippen LogP contribution in [0.15, 0.2) is 30.5 Å². The zero-order chi connectivity index (χ0) is 12.5. The van der Waals surface area contributed by atoms with Crippen molar-refractivity contribution in [1.29, 1.82) is 0 Å². The van der Waals surface area contributed by atoms with E-state index in [1.165, 1.54) is 24.0 Å². The highest BCUT2D eigenvalue weighted by Gasteiger charge is 2.26. The number of hydrogen-bond donors (Lipinski definition) is 1. The van der Waals surface area contributed by atoms with Crippen LogP contribution in [-0.4, -0.2) is 9.55 Å². The average molecular weight is 241 g/mol. The van der Waals surface area contributed by atoms with E-state index in [1.54, 1.807) is 0 Å². The van der Waals surface area contributed by atoms with Gasteiger partial charge in [-0.15, -0.1) is 0 Å². The second kappa shape index (κ2) is 4.48. The van der Waals surface area contributed by atoms with Crippen LogP contribution >= 0.6 is 0 Å². The highest BCUT2D eigenvalue weighted by atomic mass is 15.2. The van der Waals surface area contributed by atoms with Crippen molar-refractivity contribution >= 4 is 5.95 Å². The molecule has 1 aliphatic rings. The molecule has 1 aromatic heterocycles. The second-order valence-corrected chi connectivity index (χ2v) is 5.18. The summed E-state index contributed by atoms with van der Waals surface area (Å²) in [5, 5.41) is 3.44. The lowest BCUT2D eigenvalue weighted by atomic mass is 10.1. The van der Waals surface area contributed by atoms with E-state index in [-0.39, 0.29) is 0 Å². The van der Waals surface area contributed by atoms with Crippen LogP contribution in [0, 0.1) is 13.8 Å². The summed E-state index contributed by atoms with van der Waals surface area (Å²) in [6.45, 7) is 5.00. The Kier molecular flexibility index (Phi) is 2.82. The van der Waals surface area contributed by atoms with Crippen LogP contribution in [0.5, 0.6) is 0 Å². The van der Waals surface area contributed by atoms with Gasteiger partial charge in [0.15, 0.2) is 0 Å². The Hall–Kier alpha value is -1.77. The van der Waals surface area contributed by atoms with Crippen LogP contribution in [0.1, 0.15) is 35.7 Å². The number of imidazole rings is 1.